The smallest absolute Gasteiger partial charge is 0.240 e. The Hall–Kier alpha value is -3.57. The van der Waals surface area contributed by atoms with E-state index in [9.17, 15) is 4.79 Å². The molecule has 5 nitrogen and oxygen atoms in total. The molecule has 0 radical (unpaired) electrons. The van der Waals surface area contributed by atoms with Gasteiger partial charge in [-0.3, -0.25) is 4.79 Å². The van der Waals surface area contributed by atoms with Crippen LogP contribution in [-0.2, 0) is 24.2 Å². The second-order valence-electron chi connectivity index (χ2n) is 8.57. The molecule has 0 aliphatic carbocycles. The molecule has 1 amide bonds. The van der Waals surface area contributed by atoms with Crippen molar-refractivity contribution >= 4 is 16.8 Å². The number of amides is 1. The molecule has 1 aliphatic rings. The van der Waals surface area contributed by atoms with Crippen molar-refractivity contribution in [2.45, 2.75) is 25.5 Å². The van der Waals surface area contributed by atoms with Crippen LogP contribution in [-0.4, -0.2) is 41.5 Å². The van der Waals surface area contributed by atoms with Gasteiger partial charge in [-0.25, -0.2) is 0 Å². The van der Waals surface area contributed by atoms with Gasteiger partial charge in [-0.15, -0.1) is 0 Å². The quantitative estimate of drug-likeness (QED) is 0.430. The minimum atomic E-state index is -0.182. The van der Waals surface area contributed by atoms with Crippen molar-refractivity contribution in [3.63, 3.8) is 0 Å². The number of nitrogens with one attached hydrogen (secondary N) is 2. The molecule has 1 saturated heterocycles. The summed E-state index contributed by atoms with van der Waals surface area (Å²) in [5.74, 6) is 1.04. The van der Waals surface area contributed by atoms with Crippen LogP contribution in [0.3, 0.4) is 0 Å². The van der Waals surface area contributed by atoms with Gasteiger partial charge in [-0.2, -0.15) is 0 Å². The largest absolute Gasteiger partial charge is 0.489 e. The van der Waals surface area contributed by atoms with E-state index in [4.69, 9.17) is 4.74 Å². The van der Waals surface area contributed by atoms with Crippen LogP contribution in [0.5, 0.6) is 5.75 Å². The van der Waals surface area contributed by atoms with Gasteiger partial charge in [0.2, 0.25) is 5.91 Å². The first-order valence-corrected chi connectivity index (χ1v) is 11.6. The van der Waals surface area contributed by atoms with Crippen molar-refractivity contribution in [3.8, 4) is 5.75 Å². The van der Waals surface area contributed by atoms with E-state index < -0.39 is 0 Å². The molecule has 1 aliphatic heterocycles. The third-order valence-corrected chi connectivity index (χ3v) is 6.30. The van der Waals surface area contributed by atoms with Crippen molar-refractivity contribution < 1.29 is 9.53 Å². The van der Waals surface area contributed by atoms with Gasteiger partial charge in [0, 0.05) is 36.7 Å². The van der Waals surface area contributed by atoms with Crippen molar-refractivity contribution in [1.29, 1.82) is 0 Å². The van der Waals surface area contributed by atoms with E-state index in [1.807, 2.05) is 53.6 Å². The molecule has 168 valence electrons. The number of ether oxygens (including phenoxy) is 1. The Labute approximate surface area is 194 Å². The summed E-state index contributed by atoms with van der Waals surface area (Å²) in [5, 5.41) is 4.61. The Bertz CT molecular complexity index is 1220. The molecule has 2 heterocycles. The van der Waals surface area contributed by atoms with E-state index in [1.54, 1.807) is 0 Å². The number of fused-ring (bicyclic) bond motifs is 1. The summed E-state index contributed by atoms with van der Waals surface area (Å²) in [4.78, 5) is 18.5. The molecular weight excluding hydrogens is 410 g/mol. The highest BCUT2D eigenvalue weighted by atomic mass is 16.5. The Balaban J connectivity index is 1.18. The fraction of sp³-hybridized carbons (Fsp3) is 0.250. The van der Waals surface area contributed by atoms with E-state index in [0.29, 0.717) is 19.6 Å². The second kappa shape index (κ2) is 9.92. The van der Waals surface area contributed by atoms with E-state index in [0.717, 1.165) is 36.3 Å². The monoisotopic (exact) mass is 439 g/mol. The molecule has 0 spiro atoms. The highest BCUT2D eigenvalue weighted by Gasteiger charge is 2.28. The van der Waals surface area contributed by atoms with Gasteiger partial charge in [-0.05, 0) is 47.7 Å². The van der Waals surface area contributed by atoms with Crippen molar-refractivity contribution in [3.05, 3.63) is 102 Å². The Morgan fingerprint density at radius 2 is 1.76 bits per heavy atom. The Morgan fingerprint density at radius 1 is 0.939 bits per heavy atom. The summed E-state index contributed by atoms with van der Waals surface area (Å²) in [7, 11) is 0. The lowest BCUT2D eigenvalue weighted by Crippen LogP contribution is -2.56. The number of carbonyl (C=O) groups is 1. The van der Waals surface area contributed by atoms with Gasteiger partial charge < -0.3 is 19.9 Å². The number of para-hydroxylation sites is 1. The van der Waals surface area contributed by atoms with Crippen LogP contribution in [0, 0.1) is 0 Å². The summed E-state index contributed by atoms with van der Waals surface area (Å²) >= 11 is 0. The number of H-pyrrole nitrogens is 1. The summed E-state index contributed by atoms with van der Waals surface area (Å²) in [6.45, 7) is 2.83. The van der Waals surface area contributed by atoms with Crippen molar-refractivity contribution in [1.82, 2.24) is 15.2 Å². The maximum absolute atomic E-state index is 13.2. The Morgan fingerprint density at radius 3 is 2.67 bits per heavy atom. The molecule has 2 N–H and O–H groups in total. The number of aromatic nitrogens is 1. The number of piperazine rings is 1. The van der Waals surface area contributed by atoms with Crippen LogP contribution in [0.25, 0.3) is 10.9 Å². The van der Waals surface area contributed by atoms with Crippen LogP contribution in [0.4, 0.5) is 0 Å². The molecule has 0 unspecified atom stereocenters. The first-order chi connectivity index (χ1) is 16.3. The molecule has 1 fully saturated rings. The van der Waals surface area contributed by atoms with Crippen LogP contribution < -0.4 is 10.1 Å². The van der Waals surface area contributed by atoms with E-state index in [-0.39, 0.29) is 11.9 Å². The number of benzene rings is 3. The third kappa shape index (κ3) is 5.10. The predicted molar refractivity (Wildman–Crippen MR) is 131 cm³/mol. The normalized spacial score (nSPS) is 16.3. The number of rotatable bonds is 8. The van der Waals surface area contributed by atoms with Crippen molar-refractivity contribution in [2.24, 2.45) is 0 Å². The van der Waals surface area contributed by atoms with Crippen molar-refractivity contribution in [2.75, 3.05) is 19.6 Å². The maximum Gasteiger partial charge on any atom is 0.240 e. The number of carbonyl (C=O) groups excluding carboxylic acids is 1. The number of aromatic amines is 1. The lowest BCUT2D eigenvalue weighted by Gasteiger charge is -2.33. The van der Waals surface area contributed by atoms with E-state index >= 15 is 0 Å². The lowest BCUT2D eigenvalue weighted by atomic mass is 10.0. The molecule has 1 aromatic heterocycles. The zero-order valence-corrected chi connectivity index (χ0v) is 18.7. The SMILES string of the molecule is O=C1[C@@H](Cc2c[nH]c3ccccc23)NCCN1CCc1cccc(OCc2ccccc2)c1. The van der Waals surface area contributed by atoms with Gasteiger partial charge in [0.25, 0.3) is 0 Å². The predicted octanol–water partition coefficient (Wildman–Crippen LogP) is 4.33. The van der Waals surface area contributed by atoms with Gasteiger partial charge >= 0.3 is 0 Å². The molecule has 1 atom stereocenters. The summed E-state index contributed by atoms with van der Waals surface area (Å²) in [6, 6.07) is 26.4. The van der Waals surface area contributed by atoms with Crippen LogP contribution >= 0.6 is 0 Å². The second-order valence-corrected chi connectivity index (χ2v) is 8.57. The number of nitrogens with zero attached hydrogens (tertiary/aromatic N) is 1. The number of hydrogen-bond donors (Lipinski definition) is 2. The molecule has 0 saturated carbocycles. The molecule has 0 bridgehead atoms. The highest BCUT2D eigenvalue weighted by molar-refractivity contribution is 5.86. The van der Waals surface area contributed by atoms with Crippen LogP contribution in [0.1, 0.15) is 16.7 Å². The van der Waals surface area contributed by atoms with Gasteiger partial charge in [0.1, 0.15) is 12.4 Å². The molecule has 3 aromatic carbocycles. The average Bonchev–Trinajstić information content (AvgIpc) is 3.27. The van der Waals surface area contributed by atoms with Crippen LogP contribution in [0.15, 0.2) is 85.1 Å². The highest BCUT2D eigenvalue weighted by Crippen LogP contribution is 2.21. The Kier molecular flexibility index (Phi) is 6.40. The minimum Gasteiger partial charge on any atom is -0.489 e. The minimum absolute atomic E-state index is 0.182. The fourth-order valence-corrected chi connectivity index (χ4v) is 4.49. The molecule has 5 rings (SSSR count). The zero-order valence-electron chi connectivity index (χ0n) is 18.7. The topological polar surface area (TPSA) is 57.4 Å². The van der Waals surface area contributed by atoms with Gasteiger partial charge in [0.05, 0.1) is 6.04 Å². The summed E-state index contributed by atoms with van der Waals surface area (Å²) in [5.41, 5.74) is 4.62. The molecule has 33 heavy (non-hydrogen) atoms. The fourth-order valence-electron chi connectivity index (χ4n) is 4.49. The van der Waals surface area contributed by atoms with E-state index in [2.05, 4.69) is 46.7 Å². The summed E-state index contributed by atoms with van der Waals surface area (Å²) < 4.78 is 5.96. The van der Waals surface area contributed by atoms with Gasteiger partial charge in [0.15, 0.2) is 0 Å². The molecular formula is C28H29N3O2. The lowest BCUT2D eigenvalue weighted by molar-refractivity contribution is -0.135. The maximum atomic E-state index is 13.2. The van der Waals surface area contributed by atoms with E-state index in [1.165, 1.54) is 16.5 Å². The molecule has 4 aromatic rings. The third-order valence-electron chi connectivity index (χ3n) is 6.30. The zero-order chi connectivity index (χ0) is 22.5. The summed E-state index contributed by atoms with van der Waals surface area (Å²) in [6.07, 6.45) is 3.54. The first-order valence-electron chi connectivity index (χ1n) is 11.6. The number of hydrogen-bond acceptors (Lipinski definition) is 3. The van der Waals surface area contributed by atoms with Gasteiger partial charge in [-0.1, -0.05) is 60.7 Å². The average molecular weight is 440 g/mol. The standard InChI is InChI=1S/C28H29N3O2/c32-28-27(18-23-19-30-26-12-5-4-11-25(23)26)29-14-16-31(28)15-13-21-9-6-10-24(17-21)33-20-22-7-2-1-3-8-22/h1-12,17,19,27,29-30H,13-16,18,20H2/t27-/m1/s1. The molecule has 5 heteroatoms. The first kappa shape index (κ1) is 21.3. The van der Waals surface area contributed by atoms with Crippen LogP contribution in [0.2, 0.25) is 0 Å².